The normalized spacial score (nSPS) is 21.5. The van der Waals surface area contributed by atoms with Crippen molar-refractivity contribution in [3.05, 3.63) is 39.7 Å². The largest absolute Gasteiger partial charge is 0.491 e. The molecule has 0 spiro atoms. The molecule has 156 valence electrons. The van der Waals surface area contributed by atoms with E-state index in [1.165, 1.54) is 0 Å². The molecule has 0 unspecified atom stereocenters. The van der Waals surface area contributed by atoms with Crippen LogP contribution in [0.15, 0.2) is 11.1 Å². The Morgan fingerprint density at radius 1 is 1.18 bits per heavy atom. The highest BCUT2D eigenvalue weighted by Gasteiger charge is 2.62. The lowest BCUT2D eigenvalue weighted by molar-refractivity contribution is -0.147. The number of rotatable bonds is 5. The van der Waals surface area contributed by atoms with Gasteiger partial charge in [0.05, 0.1) is 13.0 Å². The fourth-order valence-electron chi connectivity index (χ4n) is 3.07. The van der Waals surface area contributed by atoms with Crippen LogP contribution in [-0.2, 0) is 16.1 Å². The molecular formula is C18H17ClF6O3. The molecule has 28 heavy (non-hydrogen) atoms. The molecule has 2 rings (SSSR count). The predicted octanol–water partition coefficient (Wildman–Crippen LogP) is 5.42. The van der Waals surface area contributed by atoms with E-state index >= 15 is 0 Å². The predicted molar refractivity (Wildman–Crippen MR) is 88.2 cm³/mol. The third kappa shape index (κ3) is 3.94. The molecule has 0 saturated heterocycles. The lowest BCUT2D eigenvalue weighted by atomic mass is 10.1. The van der Waals surface area contributed by atoms with Crippen LogP contribution in [0.3, 0.4) is 0 Å². The van der Waals surface area contributed by atoms with Crippen molar-refractivity contribution in [3.8, 4) is 5.75 Å². The third-order valence-electron chi connectivity index (χ3n) is 4.96. The number of carbonyl (C=O) groups is 1. The summed E-state index contributed by atoms with van der Waals surface area (Å²) in [7, 11) is 0.967. The quantitative estimate of drug-likeness (QED) is 0.355. The molecular weight excluding hydrogens is 414 g/mol. The van der Waals surface area contributed by atoms with Crippen LogP contribution in [0.25, 0.3) is 0 Å². The minimum atomic E-state index is -4.74. The van der Waals surface area contributed by atoms with E-state index in [0.29, 0.717) is 0 Å². The molecule has 2 atom stereocenters. The van der Waals surface area contributed by atoms with Gasteiger partial charge < -0.3 is 9.47 Å². The van der Waals surface area contributed by atoms with Crippen LogP contribution in [0.5, 0.6) is 5.75 Å². The summed E-state index contributed by atoms with van der Waals surface area (Å²) in [5.74, 6) is -7.77. The van der Waals surface area contributed by atoms with E-state index in [4.69, 9.17) is 16.3 Å². The van der Waals surface area contributed by atoms with Gasteiger partial charge in [-0.15, -0.1) is 0 Å². The maximum atomic E-state index is 14.1. The summed E-state index contributed by atoms with van der Waals surface area (Å²) in [5.41, 5.74) is -1.70. The number of benzene rings is 1. The van der Waals surface area contributed by atoms with Crippen LogP contribution in [0.2, 0.25) is 0 Å². The van der Waals surface area contributed by atoms with Gasteiger partial charge in [0.15, 0.2) is 17.4 Å². The summed E-state index contributed by atoms with van der Waals surface area (Å²) < 4.78 is 89.1. The Morgan fingerprint density at radius 3 is 2.25 bits per heavy atom. The maximum Gasteiger partial charge on any atom is 0.426 e. The highest BCUT2D eigenvalue weighted by Crippen LogP contribution is 2.60. The number of carbonyl (C=O) groups excluding carboxylic acids is 1. The number of methoxy groups -OCH3 is 1. The van der Waals surface area contributed by atoms with Crippen molar-refractivity contribution in [3.63, 3.8) is 0 Å². The summed E-state index contributed by atoms with van der Waals surface area (Å²) in [5, 5.41) is -1.36. The summed E-state index contributed by atoms with van der Waals surface area (Å²) in [6.07, 6.45) is -4.01. The number of alkyl halides is 3. The maximum absolute atomic E-state index is 14.1. The van der Waals surface area contributed by atoms with Crippen LogP contribution in [-0.4, -0.2) is 19.3 Å². The summed E-state index contributed by atoms with van der Waals surface area (Å²) in [4.78, 5) is 12.2. The molecule has 0 heterocycles. The fraction of sp³-hybridized carbons (Fsp3) is 0.500. The van der Waals surface area contributed by atoms with Crippen molar-refractivity contribution in [1.29, 1.82) is 0 Å². The number of ether oxygens (including phenoxy) is 2. The second-order valence-electron chi connectivity index (χ2n) is 7.02. The van der Waals surface area contributed by atoms with Gasteiger partial charge in [0.1, 0.15) is 11.6 Å². The van der Waals surface area contributed by atoms with Crippen molar-refractivity contribution in [1.82, 2.24) is 0 Å². The van der Waals surface area contributed by atoms with E-state index in [2.05, 4.69) is 4.74 Å². The lowest BCUT2D eigenvalue weighted by Crippen LogP contribution is -2.14. The third-order valence-corrected chi connectivity index (χ3v) is 5.30. The van der Waals surface area contributed by atoms with Gasteiger partial charge in [-0.3, -0.25) is 4.79 Å². The minimum absolute atomic E-state index is 0.310. The topological polar surface area (TPSA) is 35.5 Å². The number of hydrogen-bond acceptors (Lipinski definition) is 3. The molecule has 3 nitrogen and oxygen atoms in total. The smallest absolute Gasteiger partial charge is 0.426 e. The molecule has 0 aliphatic heterocycles. The van der Waals surface area contributed by atoms with E-state index in [9.17, 15) is 31.1 Å². The molecule has 0 radical (unpaired) electrons. The Kier molecular flexibility index (Phi) is 5.99. The molecule has 1 saturated carbocycles. The Labute approximate surface area is 162 Å². The molecule has 10 heteroatoms. The fourth-order valence-corrected chi connectivity index (χ4v) is 3.21. The molecule has 0 N–H and O–H groups in total. The Morgan fingerprint density at radius 2 is 1.75 bits per heavy atom. The molecule has 0 amide bonds. The van der Waals surface area contributed by atoms with E-state index < -0.39 is 69.8 Å². The van der Waals surface area contributed by atoms with Crippen molar-refractivity contribution >= 4 is 17.6 Å². The molecule has 1 aliphatic carbocycles. The van der Waals surface area contributed by atoms with Crippen LogP contribution in [0.1, 0.15) is 25.0 Å². The van der Waals surface area contributed by atoms with Crippen molar-refractivity contribution in [2.75, 3.05) is 7.11 Å². The Hall–Kier alpha value is -1.90. The molecule has 0 bridgehead atoms. The first-order chi connectivity index (χ1) is 12.7. The van der Waals surface area contributed by atoms with Crippen molar-refractivity contribution in [2.24, 2.45) is 17.3 Å². The molecule has 0 aromatic heterocycles. The van der Waals surface area contributed by atoms with Crippen molar-refractivity contribution < 1.29 is 40.6 Å². The monoisotopic (exact) mass is 430 g/mol. The van der Waals surface area contributed by atoms with E-state index in [-0.39, 0.29) is 5.56 Å². The first-order valence-corrected chi connectivity index (χ1v) is 8.44. The minimum Gasteiger partial charge on any atom is -0.491 e. The summed E-state index contributed by atoms with van der Waals surface area (Å²) in [6.45, 7) is 3.45. The first kappa shape index (κ1) is 22.4. The lowest BCUT2D eigenvalue weighted by Gasteiger charge is -2.13. The molecule has 1 aromatic rings. The zero-order valence-electron chi connectivity index (χ0n) is 15.3. The molecule has 1 fully saturated rings. The van der Waals surface area contributed by atoms with Crippen LogP contribution < -0.4 is 4.74 Å². The Bertz CT molecular complexity index is 803. The van der Waals surface area contributed by atoms with Crippen molar-refractivity contribution in [2.45, 2.75) is 33.6 Å². The van der Waals surface area contributed by atoms with Gasteiger partial charge in [-0.1, -0.05) is 31.5 Å². The SMILES string of the molecule is COc1c(F)c(C)c(COC(=O)[C@@H]2[C@H](/C=C(\Cl)C(F)(F)F)C2(C)C)c(F)c1F. The average Bonchev–Trinajstić information content (AvgIpc) is 3.13. The van der Waals surface area contributed by atoms with Crippen LogP contribution in [0, 0.1) is 41.6 Å². The van der Waals surface area contributed by atoms with Gasteiger partial charge in [0, 0.05) is 5.56 Å². The van der Waals surface area contributed by atoms with Gasteiger partial charge in [0.2, 0.25) is 5.82 Å². The van der Waals surface area contributed by atoms with E-state index in [0.717, 1.165) is 20.1 Å². The number of halogens is 7. The van der Waals surface area contributed by atoms with Gasteiger partial charge in [0.25, 0.3) is 0 Å². The van der Waals surface area contributed by atoms with Gasteiger partial charge in [-0.2, -0.15) is 17.6 Å². The summed E-state index contributed by atoms with van der Waals surface area (Å²) in [6, 6.07) is 0. The Balaban J connectivity index is 2.18. The average molecular weight is 431 g/mol. The van der Waals surface area contributed by atoms with E-state index in [1.54, 1.807) is 13.8 Å². The van der Waals surface area contributed by atoms with E-state index in [1.807, 2.05) is 0 Å². The second-order valence-corrected chi connectivity index (χ2v) is 7.43. The zero-order valence-corrected chi connectivity index (χ0v) is 16.1. The molecule has 1 aromatic carbocycles. The highest BCUT2D eigenvalue weighted by atomic mass is 35.5. The van der Waals surface area contributed by atoms with Gasteiger partial charge in [-0.05, 0) is 23.8 Å². The highest BCUT2D eigenvalue weighted by molar-refractivity contribution is 6.30. The number of esters is 1. The van der Waals surface area contributed by atoms with Gasteiger partial charge in [-0.25, -0.2) is 8.78 Å². The summed E-state index contributed by atoms with van der Waals surface area (Å²) >= 11 is 5.21. The van der Waals surface area contributed by atoms with Crippen LogP contribution >= 0.6 is 11.6 Å². The second kappa shape index (κ2) is 7.50. The first-order valence-electron chi connectivity index (χ1n) is 8.06. The van der Waals surface area contributed by atoms with Gasteiger partial charge >= 0.3 is 12.1 Å². The number of allylic oxidation sites excluding steroid dienone is 2. The standard InChI is InChI=1S/C18H17ClF6O3/c1-7-8(13(21)14(22)15(27-4)12(7)20)6-28-16(26)11-9(17(11,2)3)5-10(19)18(23,24)25/h5,9,11H,6H2,1-4H3/b10-5-/t9-,11-/m0/s1. The molecule has 1 aliphatic rings. The zero-order chi connectivity index (χ0) is 21.6. The number of hydrogen-bond donors (Lipinski definition) is 0. The van der Waals surface area contributed by atoms with Crippen LogP contribution in [0.4, 0.5) is 26.3 Å².